The maximum absolute atomic E-state index is 13.0. The molecule has 150 valence electrons. The number of aromatic hydroxyl groups is 1. The molecule has 0 spiro atoms. The van der Waals surface area contributed by atoms with Crippen LogP contribution in [0.2, 0.25) is 0 Å². The van der Waals surface area contributed by atoms with Gasteiger partial charge in [-0.05, 0) is 41.8 Å². The van der Waals surface area contributed by atoms with Crippen molar-refractivity contribution in [2.24, 2.45) is 0 Å². The zero-order valence-electron chi connectivity index (χ0n) is 16.4. The van der Waals surface area contributed by atoms with Crippen LogP contribution in [0.5, 0.6) is 5.75 Å². The molecule has 0 saturated carbocycles. The van der Waals surface area contributed by atoms with Crippen LogP contribution in [0, 0.1) is 0 Å². The normalized spacial score (nSPS) is 18.0. The van der Waals surface area contributed by atoms with Gasteiger partial charge in [-0.1, -0.05) is 61.5 Å². The number of benzene rings is 3. The van der Waals surface area contributed by atoms with Gasteiger partial charge in [0.15, 0.2) is 0 Å². The number of anilines is 1. The molecular formula is C25H21NO4. The Labute approximate surface area is 174 Å². The third kappa shape index (κ3) is 3.35. The summed E-state index contributed by atoms with van der Waals surface area (Å²) in [5, 5.41) is 20.7. The lowest BCUT2D eigenvalue weighted by Gasteiger charge is -2.25. The smallest absolute Gasteiger partial charge is 0.300 e. The fourth-order valence-electron chi connectivity index (χ4n) is 3.71. The molecule has 4 rings (SSSR count). The molecule has 1 fully saturated rings. The van der Waals surface area contributed by atoms with Crippen molar-refractivity contribution in [2.45, 2.75) is 19.4 Å². The number of para-hydroxylation sites is 1. The summed E-state index contributed by atoms with van der Waals surface area (Å²) in [7, 11) is 0. The van der Waals surface area contributed by atoms with Crippen molar-refractivity contribution in [3.05, 3.63) is 101 Å². The van der Waals surface area contributed by atoms with Gasteiger partial charge in [-0.2, -0.15) is 0 Å². The van der Waals surface area contributed by atoms with Crippen LogP contribution in [-0.4, -0.2) is 21.9 Å². The first-order valence-electron chi connectivity index (χ1n) is 9.75. The molecule has 5 nitrogen and oxygen atoms in total. The standard InChI is InChI=1S/C25H21NO4/c1-2-16-8-10-18(11-9-16)23(28)21-22(17-12-14-20(27)15-13-17)26(25(30)24(21)29)19-6-4-3-5-7-19/h3-15,22,27-28H,2H2,1H3/b23-21-. The molecule has 1 aliphatic heterocycles. The molecule has 1 saturated heterocycles. The maximum atomic E-state index is 13.0. The number of aliphatic hydroxyl groups is 1. The van der Waals surface area contributed by atoms with Crippen LogP contribution in [0.25, 0.3) is 5.76 Å². The van der Waals surface area contributed by atoms with Crippen molar-refractivity contribution in [1.82, 2.24) is 0 Å². The molecule has 1 aliphatic rings. The number of rotatable bonds is 4. The second-order valence-electron chi connectivity index (χ2n) is 7.15. The van der Waals surface area contributed by atoms with Crippen LogP contribution in [-0.2, 0) is 16.0 Å². The highest BCUT2D eigenvalue weighted by molar-refractivity contribution is 6.51. The van der Waals surface area contributed by atoms with Gasteiger partial charge in [0.1, 0.15) is 11.5 Å². The predicted molar refractivity (Wildman–Crippen MR) is 115 cm³/mol. The van der Waals surface area contributed by atoms with Crippen molar-refractivity contribution in [1.29, 1.82) is 0 Å². The van der Waals surface area contributed by atoms with Crippen molar-refractivity contribution >= 4 is 23.1 Å². The van der Waals surface area contributed by atoms with E-state index in [0.29, 0.717) is 16.8 Å². The fraction of sp³-hybridized carbons (Fsp3) is 0.120. The molecule has 1 atom stereocenters. The molecule has 2 N–H and O–H groups in total. The van der Waals surface area contributed by atoms with E-state index in [1.54, 1.807) is 48.5 Å². The molecule has 1 unspecified atom stereocenters. The van der Waals surface area contributed by atoms with Gasteiger partial charge in [-0.25, -0.2) is 0 Å². The van der Waals surface area contributed by atoms with Crippen molar-refractivity contribution in [3.8, 4) is 5.75 Å². The molecule has 30 heavy (non-hydrogen) atoms. The van der Waals surface area contributed by atoms with Crippen molar-refractivity contribution < 1.29 is 19.8 Å². The van der Waals surface area contributed by atoms with Crippen LogP contribution >= 0.6 is 0 Å². The summed E-state index contributed by atoms with van der Waals surface area (Å²) in [5.41, 5.74) is 2.77. The quantitative estimate of drug-likeness (QED) is 0.382. The Morgan fingerprint density at radius 2 is 1.53 bits per heavy atom. The first-order chi connectivity index (χ1) is 14.5. The van der Waals surface area contributed by atoms with E-state index in [9.17, 15) is 19.8 Å². The van der Waals surface area contributed by atoms with E-state index in [4.69, 9.17) is 0 Å². The number of hydrogen-bond acceptors (Lipinski definition) is 4. The van der Waals surface area contributed by atoms with Crippen LogP contribution in [0.15, 0.2) is 84.4 Å². The molecular weight excluding hydrogens is 378 g/mol. The van der Waals surface area contributed by atoms with E-state index in [1.807, 2.05) is 25.1 Å². The minimum absolute atomic E-state index is 0.0267. The fourth-order valence-corrected chi connectivity index (χ4v) is 3.71. The molecule has 1 amide bonds. The van der Waals surface area contributed by atoms with Gasteiger partial charge in [0.05, 0.1) is 11.6 Å². The molecule has 3 aromatic carbocycles. The number of amides is 1. The van der Waals surface area contributed by atoms with Gasteiger partial charge in [-0.3, -0.25) is 14.5 Å². The number of nitrogens with zero attached hydrogens (tertiary/aromatic N) is 1. The van der Waals surface area contributed by atoms with E-state index in [0.717, 1.165) is 12.0 Å². The summed E-state index contributed by atoms with van der Waals surface area (Å²) >= 11 is 0. The zero-order valence-corrected chi connectivity index (χ0v) is 16.4. The summed E-state index contributed by atoms with van der Waals surface area (Å²) in [6.45, 7) is 2.03. The third-order valence-electron chi connectivity index (χ3n) is 5.32. The van der Waals surface area contributed by atoms with Gasteiger partial charge < -0.3 is 10.2 Å². The van der Waals surface area contributed by atoms with Gasteiger partial charge >= 0.3 is 0 Å². The van der Waals surface area contributed by atoms with Gasteiger partial charge in [0, 0.05) is 11.3 Å². The topological polar surface area (TPSA) is 77.8 Å². The predicted octanol–water partition coefficient (Wildman–Crippen LogP) is 4.58. The van der Waals surface area contributed by atoms with Crippen molar-refractivity contribution in [3.63, 3.8) is 0 Å². The maximum Gasteiger partial charge on any atom is 0.300 e. The highest BCUT2D eigenvalue weighted by Gasteiger charge is 2.46. The molecule has 3 aromatic rings. The minimum Gasteiger partial charge on any atom is -0.508 e. The number of Topliss-reactive ketones (excluding diaryl/α,β-unsaturated/α-hetero) is 1. The summed E-state index contributed by atoms with van der Waals surface area (Å²) in [4.78, 5) is 27.4. The molecule has 0 aliphatic carbocycles. The Morgan fingerprint density at radius 3 is 2.13 bits per heavy atom. The molecule has 0 aromatic heterocycles. The Bertz CT molecular complexity index is 1120. The SMILES string of the molecule is CCc1ccc(/C(O)=C2/C(=O)C(=O)N(c3ccccc3)C2c2ccc(O)cc2)cc1. The average Bonchev–Trinajstić information content (AvgIpc) is 3.05. The second kappa shape index (κ2) is 7.87. The number of ketones is 1. The lowest BCUT2D eigenvalue weighted by atomic mass is 9.94. The van der Waals surface area contributed by atoms with Crippen LogP contribution < -0.4 is 4.90 Å². The van der Waals surface area contributed by atoms with Gasteiger partial charge in [-0.15, -0.1) is 0 Å². The Hall–Kier alpha value is -3.86. The molecule has 1 heterocycles. The largest absolute Gasteiger partial charge is 0.508 e. The first kappa shape index (κ1) is 19.5. The number of phenolic OH excluding ortho intramolecular Hbond substituents is 1. The molecule has 0 radical (unpaired) electrons. The van der Waals surface area contributed by atoms with Crippen LogP contribution in [0.3, 0.4) is 0 Å². The van der Waals surface area contributed by atoms with Gasteiger partial charge in [0.25, 0.3) is 11.7 Å². The third-order valence-corrected chi connectivity index (χ3v) is 5.32. The first-order valence-corrected chi connectivity index (χ1v) is 9.75. The summed E-state index contributed by atoms with van der Waals surface area (Å²) < 4.78 is 0. The lowest BCUT2D eigenvalue weighted by molar-refractivity contribution is -0.132. The number of hydrogen-bond donors (Lipinski definition) is 2. The number of aliphatic hydroxyl groups excluding tert-OH is 1. The monoisotopic (exact) mass is 399 g/mol. The summed E-state index contributed by atoms with van der Waals surface area (Å²) in [6.07, 6.45) is 0.854. The van der Waals surface area contributed by atoms with Crippen LogP contribution in [0.1, 0.15) is 29.7 Å². The summed E-state index contributed by atoms with van der Waals surface area (Å²) in [6, 6.07) is 21.6. The average molecular weight is 399 g/mol. The number of aryl methyl sites for hydroxylation is 1. The second-order valence-corrected chi connectivity index (χ2v) is 7.15. The number of carbonyl (C=O) groups is 2. The molecule has 0 bridgehead atoms. The molecule has 5 heteroatoms. The Morgan fingerprint density at radius 1 is 0.900 bits per heavy atom. The Kier molecular flexibility index (Phi) is 5.11. The van der Waals surface area contributed by atoms with E-state index in [-0.39, 0.29) is 17.1 Å². The number of carbonyl (C=O) groups excluding carboxylic acids is 2. The van der Waals surface area contributed by atoms with Crippen LogP contribution in [0.4, 0.5) is 5.69 Å². The Balaban J connectivity index is 1.91. The van der Waals surface area contributed by atoms with Crippen molar-refractivity contribution in [2.75, 3.05) is 4.90 Å². The van der Waals surface area contributed by atoms with E-state index < -0.39 is 17.7 Å². The van der Waals surface area contributed by atoms with E-state index in [1.165, 1.54) is 17.0 Å². The van der Waals surface area contributed by atoms with E-state index >= 15 is 0 Å². The minimum atomic E-state index is -0.807. The van der Waals surface area contributed by atoms with Gasteiger partial charge in [0.2, 0.25) is 0 Å². The number of phenols is 1. The van der Waals surface area contributed by atoms with E-state index in [2.05, 4.69) is 0 Å². The zero-order chi connectivity index (χ0) is 21.3. The summed E-state index contributed by atoms with van der Waals surface area (Å²) in [5.74, 6) is -1.59. The highest BCUT2D eigenvalue weighted by atomic mass is 16.3. The lowest BCUT2D eigenvalue weighted by Crippen LogP contribution is -2.29. The highest BCUT2D eigenvalue weighted by Crippen LogP contribution is 2.42.